The maximum absolute atomic E-state index is 12.1. The molecule has 18 heavy (non-hydrogen) atoms. The zero-order chi connectivity index (χ0) is 13.2. The molecule has 1 aromatic heterocycles. The lowest BCUT2D eigenvalue weighted by Crippen LogP contribution is -2.34. The SMILES string of the molecule is O=C(O)CCS(=O)(=O)N(Cc1cccs1)C1CC1. The number of carboxylic acid groups (broad SMARTS) is 1. The van der Waals surface area contributed by atoms with Crippen molar-refractivity contribution in [1.29, 1.82) is 0 Å². The van der Waals surface area contributed by atoms with Crippen molar-refractivity contribution in [2.45, 2.75) is 31.8 Å². The number of sulfonamides is 1. The van der Waals surface area contributed by atoms with Crippen molar-refractivity contribution in [3.63, 3.8) is 0 Å². The van der Waals surface area contributed by atoms with E-state index in [9.17, 15) is 13.2 Å². The number of aliphatic carboxylic acids is 1. The highest BCUT2D eigenvalue weighted by molar-refractivity contribution is 7.89. The van der Waals surface area contributed by atoms with Crippen LogP contribution < -0.4 is 0 Å². The van der Waals surface area contributed by atoms with Crippen LogP contribution >= 0.6 is 11.3 Å². The number of nitrogens with zero attached hydrogens (tertiary/aromatic N) is 1. The Hall–Kier alpha value is -0.920. The van der Waals surface area contributed by atoms with Crippen LogP contribution in [0.3, 0.4) is 0 Å². The van der Waals surface area contributed by atoms with E-state index in [0.717, 1.165) is 17.7 Å². The summed E-state index contributed by atoms with van der Waals surface area (Å²) in [5, 5.41) is 10.5. The maximum atomic E-state index is 12.1. The lowest BCUT2D eigenvalue weighted by atomic mass is 10.4. The summed E-state index contributed by atoms with van der Waals surface area (Å²) < 4.78 is 25.7. The molecule has 5 nitrogen and oxygen atoms in total. The second kappa shape index (κ2) is 5.38. The lowest BCUT2D eigenvalue weighted by Gasteiger charge is -2.20. The van der Waals surface area contributed by atoms with Crippen molar-refractivity contribution >= 4 is 27.3 Å². The molecule has 0 radical (unpaired) electrons. The lowest BCUT2D eigenvalue weighted by molar-refractivity contribution is -0.136. The molecular formula is C11H15NO4S2. The Bertz CT molecular complexity index is 505. The van der Waals surface area contributed by atoms with E-state index in [2.05, 4.69) is 0 Å². The highest BCUT2D eigenvalue weighted by Crippen LogP contribution is 2.31. The molecule has 0 saturated heterocycles. The number of carboxylic acids is 1. The molecule has 1 aliphatic rings. The van der Waals surface area contributed by atoms with E-state index in [4.69, 9.17) is 5.11 Å². The van der Waals surface area contributed by atoms with Gasteiger partial charge in [0.25, 0.3) is 0 Å². The normalized spacial score (nSPS) is 16.1. The second-order valence-corrected chi connectivity index (χ2v) is 7.39. The summed E-state index contributed by atoms with van der Waals surface area (Å²) in [7, 11) is -3.47. The summed E-state index contributed by atoms with van der Waals surface area (Å²) in [6.07, 6.45) is 1.41. The zero-order valence-corrected chi connectivity index (χ0v) is 11.4. The molecular weight excluding hydrogens is 274 g/mol. The fourth-order valence-corrected chi connectivity index (χ4v) is 4.16. The summed E-state index contributed by atoms with van der Waals surface area (Å²) in [6.45, 7) is 0.365. The Balaban J connectivity index is 2.07. The average molecular weight is 289 g/mol. The number of thiophene rings is 1. The van der Waals surface area contributed by atoms with Crippen molar-refractivity contribution in [3.05, 3.63) is 22.4 Å². The van der Waals surface area contributed by atoms with Crippen LogP contribution in [0, 0.1) is 0 Å². The highest BCUT2D eigenvalue weighted by atomic mass is 32.2. The molecule has 1 saturated carbocycles. The third kappa shape index (κ3) is 3.54. The monoisotopic (exact) mass is 289 g/mol. The molecule has 100 valence electrons. The van der Waals surface area contributed by atoms with E-state index in [0.29, 0.717) is 6.54 Å². The molecule has 7 heteroatoms. The fraction of sp³-hybridized carbons (Fsp3) is 0.545. The zero-order valence-electron chi connectivity index (χ0n) is 9.78. The molecule has 1 heterocycles. The Kier molecular flexibility index (Phi) is 4.04. The minimum Gasteiger partial charge on any atom is -0.481 e. The number of hydrogen-bond donors (Lipinski definition) is 1. The van der Waals surface area contributed by atoms with Crippen LogP contribution in [0.4, 0.5) is 0 Å². The fourth-order valence-electron chi connectivity index (χ4n) is 1.71. The van der Waals surface area contributed by atoms with E-state index >= 15 is 0 Å². The molecule has 1 fully saturated rings. The molecule has 0 atom stereocenters. The number of hydrogen-bond acceptors (Lipinski definition) is 4. The van der Waals surface area contributed by atoms with Gasteiger partial charge in [-0.1, -0.05) is 6.07 Å². The van der Waals surface area contributed by atoms with Crippen molar-refractivity contribution in [2.75, 3.05) is 5.75 Å². The first kappa shape index (κ1) is 13.5. The average Bonchev–Trinajstić information content (AvgIpc) is 3.00. The largest absolute Gasteiger partial charge is 0.481 e. The maximum Gasteiger partial charge on any atom is 0.304 e. The van der Waals surface area contributed by atoms with Crippen molar-refractivity contribution in [3.8, 4) is 0 Å². The Labute approximate surface area is 110 Å². The predicted molar refractivity (Wildman–Crippen MR) is 68.9 cm³/mol. The first-order valence-corrected chi connectivity index (χ1v) is 8.21. The van der Waals surface area contributed by atoms with Crippen LogP contribution in [0.2, 0.25) is 0 Å². The third-order valence-electron chi connectivity index (χ3n) is 2.78. The van der Waals surface area contributed by atoms with E-state index < -0.39 is 16.0 Å². The third-order valence-corrected chi connectivity index (χ3v) is 5.50. The standard InChI is InChI=1S/C11H15NO4S2/c13-11(14)5-7-18(15,16)12(9-3-4-9)8-10-2-1-6-17-10/h1-2,6,9H,3-5,7-8H2,(H,13,14). The van der Waals surface area contributed by atoms with E-state index in [1.807, 2.05) is 17.5 Å². The van der Waals surface area contributed by atoms with Crippen molar-refractivity contribution < 1.29 is 18.3 Å². The Morgan fingerprint density at radius 1 is 1.50 bits per heavy atom. The molecule has 0 amide bonds. The summed E-state index contributed by atoms with van der Waals surface area (Å²) in [5.41, 5.74) is 0. The van der Waals surface area contributed by atoms with Gasteiger partial charge in [0.2, 0.25) is 10.0 Å². The highest BCUT2D eigenvalue weighted by Gasteiger charge is 2.37. The Morgan fingerprint density at radius 2 is 2.22 bits per heavy atom. The molecule has 2 rings (SSSR count). The van der Waals surface area contributed by atoms with Crippen molar-refractivity contribution in [1.82, 2.24) is 4.31 Å². The molecule has 0 aliphatic heterocycles. The number of carbonyl (C=O) groups is 1. The first-order chi connectivity index (χ1) is 8.49. The minimum atomic E-state index is -3.47. The van der Waals surface area contributed by atoms with Gasteiger partial charge in [-0.3, -0.25) is 4.79 Å². The van der Waals surface area contributed by atoms with Gasteiger partial charge >= 0.3 is 5.97 Å². The van der Waals surface area contributed by atoms with E-state index in [1.54, 1.807) is 0 Å². The predicted octanol–water partition coefficient (Wildman–Crippen LogP) is 1.52. The van der Waals surface area contributed by atoms with Gasteiger partial charge in [0.1, 0.15) is 0 Å². The van der Waals surface area contributed by atoms with Gasteiger partial charge in [0, 0.05) is 17.5 Å². The minimum absolute atomic E-state index is 0.0610. The van der Waals surface area contributed by atoms with Gasteiger partial charge in [-0.25, -0.2) is 8.42 Å². The second-order valence-electron chi connectivity index (χ2n) is 4.32. The van der Waals surface area contributed by atoms with Gasteiger partial charge < -0.3 is 5.11 Å². The van der Waals surface area contributed by atoms with Crippen LogP contribution in [0.25, 0.3) is 0 Å². The summed E-state index contributed by atoms with van der Waals surface area (Å²) in [6, 6.07) is 3.84. The topological polar surface area (TPSA) is 74.7 Å². The molecule has 1 aromatic rings. The quantitative estimate of drug-likeness (QED) is 0.825. The van der Waals surface area contributed by atoms with Gasteiger partial charge in [0.05, 0.1) is 12.2 Å². The molecule has 1 aliphatic carbocycles. The van der Waals surface area contributed by atoms with Crippen molar-refractivity contribution in [2.24, 2.45) is 0 Å². The molecule has 0 bridgehead atoms. The van der Waals surface area contributed by atoms with Gasteiger partial charge in [0.15, 0.2) is 0 Å². The molecule has 1 N–H and O–H groups in total. The summed E-state index contributed by atoms with van der Waals surface area (Å²) >= 11 is 1.51. The van der Waals surface area contributed by atoms with Gasteiger partial charge in [-0.2, -0.15) is 4.31 Å². The smallest absolute Gasteiger partial charge is 0.304 e. The van der Waals surface area contributed by atoms with Crippen LogP contribution in [0.5, 0.6) is 0 Å². The summed E-state index contributed by atoms with van der Waals surface area (Å²) in [4.78, 5) is 11.5. The molecule has 0 aromatic carbocycles. The van der Waals surface area contributed by atoms with E-state index in [1.165, 1.54) is 15.6 Å². The van der Waals surface area contributed by atoms with Gasteiger partial charge in [-0.15, -0.1) is 11.3 Å². The number of rotatable bonds is 7. The molecule has 0 unspecified atom stereocenters. The molecule has 0 spiro atoms. The first-order valence-electron chi connectivity index (χ1n) is 5.73. The van der Waals surface area contributed by atoms with Crippen LogP contribution in [-0.4, -0.2) is 35.6 Å². The summed E-state index contributed by atoms with van der Waals surface area (Å²) in [5.74, 6) is -1.39. The van der Waals surface area contributed by atoms with Crippen LogP contribution in [0.1, 0.15) is 24.1 Å². The van der Waals surface area contributed by atoms with Crippen LogP contribution in [0.15, 0.2) is 17.5 Å². The van der Waals surface area contributed by atoms with Crippen LogP contribution in [-0.2, 0) is 21.4 Å². The van der Waals surface area contributed by atoms with E-state index in [-0.39, 0.29) is 18.2 Å². The van der Waals surface area contributed by atoms with Gasteiger partial charge in [-0.05, 0) is 24.3 Å². The Morgan fingerprint density at radius 3 is 2.72 bits per heavy atom.